The molecular weight excluding hydrogens is 478 g/mol. The fourth-order valence-corrected chi connectivity index (χ4v) is 5.56. The Hall–Kier alpha value is -3.88. The fourth-order valence-electron chi connectivity index (χ4n) is 5.56. The van der Waals surface area contributed by atoms with E-state index in [-0.39, 0.29) is 11.8 Å². The van der Waals surface area contributed by atoms with Crippen LogP contribution in [-0.4, -0.2) is 46.5 Å². The molecule has 1 aliphatic carbocycles. The molecule has 9 heteroatoms. The first-order chi connectivity index (χ1) is 18.4. The Bertz CT molecular complexity index is 1350. The average molecular weight is 514 g/mol. The Kier molecular flexibility index (Phi) is 7.62. The normalized spacial score (nSPS) is 18.5. The Morgan fingerprint density at radius 3 is 2.37 bits per heavy atom. The molecule has 198 valence electrons. The van der Waals surface area contributed by atoms with E-state index in [1.54, 1.807) is 0 Å². The number of nitrogens with zero attached hydrogens (tertiary/aromatic N) is 6. The lowest BCUT2D eigenvalue weighted by Crippen LogP contribution is -2.25. The molecule has 5 rings (SSSR count). The number of H-pyrrole nitrogens is 1. The molecule has 1 atom stereocenters. The van der Waals surface area contributed by atoms with Gasteiger partial charge in [0.2, 0.25) is 0 Å². The zero-order valence-electron chi connectivity index (χ0n) is 22.2. The molecule has 0 radical (unpaired) electrons. The lowest BCUT2D eigenvalue weighted by molar-refractivity contribution is -0.143. The van der Waals surface area contributed by atoms with Crippen LogP contribution in [-0.2, 0) is 17.8 Å². The Balaban J connectivity index is 1.37. The molecular formula is C29H35N7O2. The third-order valence-electron chi connectivity index (χ3n) is 7.70. The van der Waals surface area contributed by atoms with Gasteiger partial charge in [0.15, 0.2) is 11.6 Å². The van der Waals surface area contributed by atoms with Gasteiger partial charge < -0.3 is 5.11 Å². The van der Waals surface area contributed by atoms with Gasteiger partial charge in [-0.15, -0.1) is 5.10 Å². The van der Waals surface area contributed by atoms with Crippen LogP contribution in [0.25, 0.3) is 22.5 Å². The predicted molar refractivity (Wildman–Crippen MR) is 144 cm³/mol. The number of hydrogen-bond acceptors (Lipinski definition) is 6. The van der Waals surface area contributed by atoms with E-state index in [0.29, 0.717) is 24.2 Å². The van der Waals surface area contributed by atoms with Crippen molar-refractivity contribution in [2.24, 2.45) is 17.8 Å². The van der Waals surface area contributed by atoms with Crippen molar-refractivity contribution in [1.82, 2.24) is 35.4 Å². The molecule has 0 spiro atoms. The van der Waals surface area contributed by atoms with Crippen molar-refractivity contribution in [2.75, 3.05) is 0 Å². The van der Waals surface area contributed by atoms with E-state index >= 15 is 0 Å². The summed E-state index contributed by atoms with van der Waals surface area (Å²) in [5.74, 6) is 2.77. The minimum absolute atomic E-state index is 0.211. The van der Waals surface area contributed by atoms with Gasteiger partial charge in [-0.25, -0.2) is 14.8 Å². The summed E-state index contributed by atoms with van der Waals surface area (Å²) in [6, 6.07) is 16.6. The molecule has 9 nitrogen and oxygen atoms in total. The number of carboxylic acid groups (broad SMARTS) is 1. The van der Waals surface area contributed by atoms with Crippen LogP contribution in [0, 0.1) is 17.8 Å². The zero-order valence-corrected chi connectivity index (χ0v) is 22.2. The van der Waals surface area contributed by atoms with E-state index in [2.05, 4.69) is 76.4 Å². The Labute approximate surface area is 222 Å². The van der Waals surface area contributed by atoms with Gasteiger partial charge in [0, 0.05) is 17.9 Å². The van der Waals surface area contributed by atoms with E-state index in [0.717, 1.165) is 66.0 Å². The molecule has 0 amide bonds. The molecule has 0 saturated heterocycles. The molecule has 1 saturated carbocycles. The molecule has 1 aliphatic rings. The van der Waals surface area contributed by atoms with Crippen molar-refractivity contribution in [3.8, 4) is 22.5 Å². The van der Waals surface area contributed by atoms with Crippen molar-refractivity contribution in [1.29, 1.82) is 0 Å². The molecule has 2 heterocycles. The highest BCUT2D eigenvalue weighted by Gasteiger charge is 2.31. The van der Waals surface area contributed by atoms with Crippen LogP contribution < -0.4 is 0 Å². The van der Waals surface area contributed by atoms with Gasteiger partial charge in [-0.05, 0) is 64.6 Å². The first-order valence-corrected chi connectivity index (χ1v) is 13.5. The molecule has 1 unspecified atom stereocenters. The van der Waals surface area contributed by atoms with Gasteiger partial charge >= 0.3 is 5.97 Å². The van der Waals surface area contributed by atoms with Crippen molar-refractivity contribution >= 4 is 5.97 Å². The third-order valence-corrected chi connectivity index (χ3v) is 7.70. The summed E-state index contributed by atoms with van der Waals surface area (Å²) in [5, 5.41) is 28.7. The van der Waals surface area contributed by atoms with Crippen molar-refractivity contribution in [3.05, 3.63) is 65.7 Å². The van der Waals surface area contributed by atoms with Crippen molar-refractivity contribution in [3.63, 3.8) is 0 Å². The van der Waals surface area contributed by atoms with E-state index in [1.165, 1.54) is 0 Å². The summed E-state index contributed by atoms with van der Waals surface area (Å²) in [7, 11) is 0. The summed E-state index contributed by atoms with van der Waals surface area (Å²) >= 11 is 0. The van der Waals surface area contributed by atoms with Crippen LogP contribution in [0.2, 0.25) is 0 Å². The number of benzene rings is 2. The van der Waals surface area contributed by atoms with Gasteiger partial charge in [-0.2, -0.15) is 5.10 Å². The van der Waals surface area contributed by atoms with Crippen LogP contribution in [0.5, 0.6) is 0 Å². The van der Waals surface area contributed by atoms with Crippen LogP contribution in [0.15, 0.2) is 48.5 Å². The summed E-state index contributed by atoms with van der Waals surface area (Å²) in [4.78, 5) is 16.4. The highest BCUT2D eigenvalue weighted by molar-refractivity contribution is 5.80. The number of aromatic amines is 1. The summed E-state index contributed by atoms with van der Waals surface area (Å²) in [6.45, 7) is 7.23. The molecule has 0 bridgehead atoms. The highest BCUT2D eigenvalue weighted by Crippen LogP contribution is 2.38. The lowest BCUT2D eigenvalue weighted by Gasteiger charge is -2.30. The maximum absolute atomic E-state index is 11.4. The van der Waals surface area contributed by atoms with E-state index < -0.39 is 5.97 Å². The van der Waals surface area contributed by atoms with Crippen LogP contribution in [0.4, 0.5) is 0 Å². The molecule has 0 aliphatic heterocycles. The largest absolute Gasteiger partial charge is 0.481 e. The first kappa shape index (κ1) is 25.8. The summed E-state index contributed by atoms with van der Waals surface area (Å²) < 4.78 is 2.06. The highest BCUT2D eigenvalue weighted by atomic mass is 16.4. The number of carboxylic acids is 1. The molecule has 2 aromatic carbocycles. The average Bonchev–Trinajstić information content (AvgIpc) is 3.59. The predicted octanol–water partition coefficient (Wildman–Crippen LogP) is 5.37. The van der Waals surface area contributed by atoms with E-state index in [9.17, 15) is 9.90 Å². The van der Waals surface area contributed by atoms with E-state index in [1.807, 2.05) is 18.2 Å². The third kappa shape index (κ3) is 5.66. The quantitative estimate of drug-likeness (QED) is 0.309. The van der Waals surface area contributed by atoms with Gasteiger partial charge in [0.25, 0.3) is 0 Å². The fraction of sp³-hybridized carbons (Fsp3) is 0.448. The second-order valence-corrected chi connectivity index (χ2v) is 10.9. The number of nitrogens with one attached hydrogen (secondary N) is 1. The van der Waals surface area contributed by atoms with Crippen LogP contribution in [0.3, 0.4) is 0 Å². The monoisotopic (exact) mass is 513 g/mol. The van der Waals surface area contributed by atoms with Crippen LogP contribution >= 0.6 is 0 Å². The van der Waals surface area contributed by atoms with Crippen molar-refractivity contribution < 1.29 is 9.90 Å². The molecule has 2 aromatic heterocycles. The molecule has 4 aromatic rings. The number of hydrogen-bond donors (Lipinski definition) is 2. The summed E-state index contributed by atoms with van der Waals surface area (Å²) in [5.41, 5.74) is 4.25. The maximum Gasteiger partial charge on any atom is 0.306 e. The molecule has 38 heavy (non-hydrogen) atoms. The van der Waals surface area contributed by atoms with Crippen molar-refractivity contribution in [2.45, 2.75) is 65.3 Å². The van der Waals surface area contributed by atoms with Gasteiger partial charge in [0.05, 0.1) is 12.5 Å². The Morgan fingerprint density at radius 2 is 1.74 bits per heavy atom. The second-order valence-electron chi connectivity index (χ2n) is 10.9. The lowest BCUT2D eigenvalue weighted by atomic mass is 9.76. The molecule has 1 fully saturated rings. The van der Waals surface area contributed by atoms with Gasteiger partial charge in [-0.1, -0.05) is 69.3 Å². The number of aliphatic carboxylic acids is 1. The number of aromatic nitrogens is 7. The number of tetrazole rings is 1. The minimum atomic E-state index is -0.665. The minimum Gasteiger partial charge on any atom is -0.481 e. The summed E-state index contributed by atoms with van der Waals surface area (Å²) in [6.07, 6.45) is 4.15. The standard InChI is InChI=1S/C29H35N7O2/c1-18(2)16-26-30-28(19(3)21-12-14-23(15-13-21)29(37)38)36(33-26)17-20-8-10-22(11-9-20)24-6-4-5-7-25(24)27-31-34-35-32-27/h4-11,18-19,21,23H,12-17H2,1-3H3,(H,37,38)(H,31,32,34,35). The smallest absolute Gasteiger partial charge is 0.306 e. The SMILES string of the molecule is CC(C)Cc1nc(C(C)C2CCC(C(=O)O)CC2)n(Cc2ccc(-c3ccccc3-c3nnn[nH]3)cc2)n1. The second kappa shape index (κ2) is 11.2. The Morgan fingerprint density at radius 1 is 1.03 bits per heavy atom. The van der Waals surface area contributed by atoms with E-state index in [4.69, 9.17) is 10.1 Å². The zero-order chi connectivity index (χ0) is 26.6. The topological polar surface area (TPSA) is 122 Å². The maximum atomic E-state index is 11.4. The molecule has 2 N–H and O–H groups in total. The number of rotatable bonds is 9. The first-order valence-electron chi connectivity index (χ1n) is 13.5. The van der Waals surface area contributed by atoms with Gasteiger partial charge in [0.1, 0.15) is 5.82 Å². The number of carbonyl (C=O) groups is 1. The van der Waals surface area contributed by atoms with Crippen LogP contribution in [0.1, 0.15) is 69.6 Å². The van der Waals surface area contributed by atoms with Gasteiger partial charge in [-0.3, -0.25) is 4.79 Å².